The van der Waals surface area contributed by atoms with Crippen molar-refractivity contribution in [1.82, 2.24) is 4.90 Å². The van der Waals surface area contributed by atoms with Gasteiger partial charge in [-0.2, -0.15) is 0 Å². The van der Waals surface area contributed by atoms with Crippen molar-refractivity contribution < 1.29 is 5.21 Å². The van der Waals surface area contributed by atoms with Gasteiger partial charge in [-0.3, -0.25) is 0 Å². The molecule has 1 aromatic carbocycles. The monoisotopic (exact) mass is 272 g/mol. The van der Waals surface area contributed by atoms with Crippen LogP contribution in [0.15, 0.2) is 23.4 Å². The second-order valence-electron chi connectivity index (χ2n) is 4.10. The highest BCUT2D eigenvalue weighted by molar-refractivity contribution is 6.36. The zero-order valence-corrected chi connectivity index (χ0v) is 10.9. The van der Waals surface area contributed by atoms with Gasteiger partial charge in [-0.15, -0.1) is 0 Å². The quantitative estimate of drug-likeness (QED) is 0.367. The SMILES string of the molecule is ON=C(c1ccc(Cl)cc1Cl)N1CCCCC1. The molecule has 1 N–H and O–H groups in total. The van der Waals surface area contributed by atoms with E-state index in [1.54, 1.807) is 18.2 Å². The smallest absolute Gasteiger partial charge is 0.176 e. The fourth-order valence-corrected chi connectivity index (χ4v) is 2.56. The first-order chi connectivity index (χ1) is 8.22. The molecule has 1 heterocycles. The Hall–Kier alpha value is -0.930. The van der Waals surface area contributed by atoms with Crippen molar-refractivity contribution in [2.75, 3.05) is 13.1 Å². The number of benzene rings is 1. The maximum absolute atomic E-state index is 9.18. The number of piperidine rings is 1. The maximum atomic E-state index is 9.18. The van der Waals surface area contributed by atoms with Crippen molar-refractivity contribution in [3.05, 3.63) is 33.8 Å². The van der Waals surface area contributed by atoms with E-state index in [1.807, 2.05) is 0 Å². The number of hydrogen-bond acceptors (Lipinski definition) is 2. The third kappa shape index (κ3) is 2.85. The van der Waals surface area contributed by atoms with E-state index in [4.69, 9.17) is 23.2 Å². The lowest BCUT2D eigenvalue weighted by atomic mass is 10.1. The summed E-state index contributed by atoms with van der Waals surface area (Å²) in [7, 11) is 0. The summed E-state index contributed by atoms with van der Waals surface area (Å²) in [6.07, 6.45) is 3.46. The largest absolute Gasteiger partial charge is 0.409 e. The molecule has 0 bridgehead atoms. The van der Waals surface area contributed by atoms with E-state index in [0.29, 0.717) is 15.9 Å². The molecule has 1 saturated heterocycles. The van der Waals surface area contributed by atoms with Gasteiger partial charge in [-0.1, -0.05) is 28.4 Å². The van der Waals surface area contributed by atoms with Gasteiger partial charge in [0.1, 0.15) is 0 Å². The summed E-state index contributed by atoms with van der Waals surface area (Å²) >= 11 is 12.0. The Morgan fingerprint density at radius 3 is 2.47 bits per heavy atom. The van der Waals surface area contributed by atoms with Gasteiger partial charge in [0.25, 0.3) is 0 Å². The van der Waals surface area contributed by atoms with Gasteiger partial charge in [0.15, 0.2) is 5.84 Å². The van der Waals surface area contributed by atoms with Crippen molar-refractivity contribution in [2.45, 2.75) is 19.3 Å². The van der Waals surface area contributed by atoms with Crippen LogP contribution >= 0.6 is 23.2 Å². The molecule has 5 heteroatoms. The summed E-state index contributed by atoms with van der Waals surface area (Å²) in [6, 6.07) is 5.19. The second-order valence-corrected chi connectivity index (χ2v) is 4.94. The average molecular weight is 273 g/mol. The molecule has 1 aromatic rings. The summed E-state index contributed by atoms with van der Waals surface area (Å²) in [5.74, 6) is 0.534. The van der Waals surface area contributed by atoms with Gasteiger partial charge < -0.3 is 10.1 Å². The summed E-state index contributed by atoms with van der Waals surface area (Å²) < 4.78 is 0. The number of amidine groups is 1. The molecule has 3 nitrogen and oxygen atoms in total. The van der Waals surface area contributed by atoms with Gasteiger partial charge in [-0.25, -0.2) is 0 Å². The van der Waals surface area contributed by atoms with E-state index in [-0.39, 0.29) is 0 Å². The number of nitrogens with zero attached hydrogens (tertiary/aromatic N) is 2. The van der Waals surface area contributed by atoms with E-state index < -0.39 is 0 Å². The van der Waals surface area contributed by atoms with Crippen LogP contribution < -0.4 is 0 Å². The minimum atomic E-state index is 0.510. The van der Waals surface area contributed by atoms with Crippen molar-refractivity contribution in [3.8, 4) is 0 Å². The Bertz CT molecular complexity index is 429. The standard InChI is InChI=1S/C12H14Cl2N2O/c13-9-4-5-10(11(14)8-9)12(15-17)16-6-2-1-3-7-16/h4-5,8,17H,1-3,6-7H2. The Kier molecular flexibility index (Phi) is 4.13. The Labute approximate surface area is 111 Å². The van der Waals surface area contributed by atoms with Crippen LogP contribution in [0.3, 0.4) is 0 Å². The maximum Gasteiger partial charge on any atom is 0.176 e. The van der Waals surface area contributed by atoms with Crippen LogP contribution in [0.5, 0.6) is 0 Å². The van der Waals surface area contributed by atoms with Gasteiger partial charge in [0.2, 0.25) is 0 Å². The number of rotatable bonds is 1. The van der Waals surface area contributed by atoms with Crippen LogP contribution in [0.4, 0.5) is 0 Å². The highest BCUT2D eigenvalue weighted by Gasteiger charge is 2.19. The van der Waals surface area contributed by atoms with Crippen molar-refractivity contribution in [1.29, 1.82) is 0 Å². The fraction of sp³-hybridized carbons (Fsp3) is 0.417. The van der Waals surface area contributed by atoms with E-state index >= 15 is 0 Å². The molecule has 1 aliphatic heterocycles. The Balaban J connectivity index is 2.28. The predicted octanol–water partition coefficient (Wildman–Crippen LogP) is 3.62. The van der Waals surface area contributed by atoms with Crippen LogP contribution in [-0.4, -0.2) is 29.0 Å². The minimum absolute atomic E-state index is 0.510. The molecular weight excluding hydrogens is 259 g/mol. The third-order valence-corrected chi connectivity index (χ3v) is 3.47. The second kappa shape index (κ2) is 5.61. The first kappa shape index (κ1) is 12.5. The van der Waals surface area contributed by atoms with Gasteiger partial charge in [0.05, 0.1) is 5.02 Å². The Morgan fingerprint density at radius 1 is 1.18 bits per heavy atom. The van der Waals surface area contributed by atoms with Crippen molar-refractivity contribution in [2.24, 2.45) is 5.16 Å². The van der Waals surface area contributed by atoms with E-state index in [9.17, 15) is 5.21 Å². The predicted molar refractivity (Wildman–Crippen MR) is 70.2 cm³/mol. The van der Waals surface area contributed by atoms with Crippen LogP contribution in [0.25, 0.3) is 0 Å². The molecule has 0 saturated carbocycles. The van der Waals surface area contributed by atoms with Crippen molar-refractivity contribution in [3.63, 3.8) is 0 Å². The molecule has 0 atom stereocenters. The third-order valence-electron chi connectivity index (χ3n) is 2.92. The van der Waals surface area contributed by atoms with Crippen molar-refractivity contribution >= 4 is 29.0 Å². The highest BCUT2D eigenvalue weighted by Crippen LogP contribution is 2.24. The molecule has 0 aliphatic carbocycles. The Morgan fingerprint density at radius 2 is 1.88 bits per heavy atom. The fourth-order valence-electron chi connectivity index (χ4n) is 2.06. The summed E-state index contributed by atoms with van der Waals surface area (Å²) in [5.41, 5.74) is 0.723. The number of halogens is 2. The van der Waals surface area contributed by atoms with Crippen LogP contribution in [0.2, 0.25) is 10.0 Å². The number of likely N-dealkylation sites (tertiary alicyclic amines) is 1. The molecule has 92 valence electrons. The van der Waals surface area contributed by atoms with Gasteiger partial charge >= 0.3 is 0 Å². The molecule has 2 rings (SSSR count). The molecule has 17 heavy (non-hydrogen) atoms. The molecular formula is C12H14Cl2N2O. The summed E-state index contributed by atoms with van der Waals surface area (Å²) in [4.78, 5) is 2.05. The molecule has 1 fully saturated rings. The molecule has 0 aromatic heterocycles. The van der Waals surface area contributed by atoms with E-state index in [0.717, 1.165) is 31.5 Å². The summed E-state index contributed by atoms with van der Waals surface area (Å²) in [5, 5.41) is 13.7. The zero-order valence-electron chi connectivity index (χ0n) is 9.37. The number of oxime groups is 1. The normalized spacial score (nSPS) is 17.3. The lowest BCUT2D eigenvalue weighted by Crippen LogP contribution is -2.36. The van der Waals surface area contributed by atoms with Gasteiger partial charge in [-0.05, 0) is 37.5 Å². The molecule has 0 amide bonds. The van der Waals surface area contributed by atoms with Crippen LogP contribution in [0, 0.1) is 0 Å². The first-order valence-electron chi connectivity index (χ1n) is 5.65. The first-order valence-corrected chi connectivity index (χ1v) is 6.40. The topological polar surface area (TPSA) is 35.8 Å². The molecule has 0 unspecified atom stereocenters. The number of hydrogen-bond donors (Lipinski definition) is 1. The highest BCUT2D eigenvalue weighted by atomic mass is 35.5. The summed E-state index contributed by atoms with van der Waals surface area (Å²) in [6.45, 7) is 1.80. The van der Waals surface area contributed by atoms with Gasteiger partial charge in [0, 0.05) is 23.7 Å². The van der Waals surface area contributed by atoms with Crippen LogP contribution in [-0.2, 0) is 0 Å². The average Bonchev–Trinajstić information content (AvgIpc) is 2.34. The lowest BCUT2D eigenvalue weighted by Gasteiger charge is -2.29. The van der Waals surface area contributed by atoms with E-state index in [2.05, 4.69) is 10.1 Å². The van der Waals surface area contributed by atoms with E-state index in [1.165, 1.54) is 6.42 Å². The zero-order chi connectivity index (χ0) is 12.3. The lowest BCUT2D eigenvalue weighted by molar-refractivity contribution is 0.286. The molecule has 0 radical (unpaired) electrons. The molecule has 0 spiro atoms. The molecule has 1 aliphatic rings. The minimum Gasteiger partial charge on any atom is -0.409 e. The van der Waals surface area contributed by atoms with Crippen LogP contribution in [0.1, 0.15) is 24.8 Å².